The van der Waals surface area contributed by atoms with Crippen molar-refractivity contribution < 1.29 is 23.5 Å². The maximum atomic E-state index is 13.0. The Morgan fingerprint density at radius 3 is 2.38 bits per heavy atom. The number of benzene rings is 3. The predicted molar refractivity (Wildman–Crippen MR) is 127 cm³/mol. The van der Waals surface area contributed by atoms with Gasteiger partial charge in [0.15, 0.2) is 0 Å². The molecule has 0 spiro atoms. The van der Waals surface area contributed by atoms with Crippen molar-refractivity contribution in [3.8, 4) is 5.75 Å². The van der Waals surface area contributed by atoms with Crippen LogP contribution in [0.5, 0.6) is 5.75 Å². The molecule has 0 aliphatic heterocycles. The fourth-order valence-corrected chi connectivity index (χ4v) is 3.06. The van der Waals surface area contributed by atoms with Gasteiger partial charge in [0.05, 0.1) is 25.3 Å². The molecule has 0 bridgehead atoms. The SMILES string of the molecule is CCOC(=O)N[C@H](CC(=O)N/N=C\c1ccc(OCc2ccc(F)cc2)cc1)c1ccccc1. The summed E-state index contributed by atoms with van der Waals surface area (Å²) in [4.78, 5) is 24.2. The molecule has 0 aliphatic rings. The number of hydrazone groups is 1. The monoisotopic (exact) mass is 463 g/mol. The smallest absolute Gasteiger partial charge is 0.407 e. The van der Waals surface area contributed by atoms with E-state index in [0.717, 1.165) is 16.7 Å². The highest BCUT2D eigenvalue weighted by molar-refractivity contribution is 5.83. The average Bonchev–Trinajstić information content (AvgIpc) is 2.85. The van der Waals surface area contributed by atoms with Gasteiger partial charge in [0.25, 0.3) is 0 Å². The van der Waals surface area contributed by atoms with Gasteiger partial charge in [-0.25, -0.2) is 14.6 Å². The van der Waals surface area contributed by atoms with Crippen LogP contribution in [0.25, 0.3) is 0 Å². The molecule has 0 aliphatic carbocycles. The molecule has 2 amide bonds. The van der Waals surface area contributed by atoms with Gasteiger partial charge < -0.3 is 14.8 Å². The molecule has 3 aromatic rings. The Hall–Kier alpha value is -4.20. The van der Waals surface area contributed by atoms with Crippen molar-refractivity contribution >= 4 is 18.2 Å². The molecule has 1 atom stereocenters. The van der Waals surface area contributed by atoms with E-state index in [4.69, 9.17) is 9.47 Å². The molecule has 34 heavy (non-hydrogen) atoms. The van der Waals surface area contributed by atoms with Gasteiger partial charge in [-0.1, -0.05) is 42.5 Å². The van der Waals surface area contributed by atoms with Crippen LogP contribution in [-0.2, 0) is 16.1 Å². The van der Waals surface area contributed by atoms with Crippen LogP contribution in [0.4, 0.5) is 9.18 Å². The lowest BCUT2D eigenvalue weighted by atomic mass is 10.0. The van der Waals surface area contributed by atoms with Crippen molar-refractivity contribution in [1.82, 2.24) is 10.7 Å². The second-order valence-corrected chi connectivity index (χ2v) is 7.31. The zero-order chi connectivity index (χ0) is 24.2. The van der Waals surface area contributed by atoms with Crippen LogP contribution in [-0.4, -0.2) is 24.8 Å². The van der Waals surface area contributed by atoms with Crippen molar-refractivity contribution in [1.29, 1.82) is 0 Å². The van der Waals surface area contributed by atoms with Crippen molar-refractivity contribution in [3.05, 3.63) is 101 Å². The van der Waals surface area contributed by atoms with Crippen molar-refractivity contribution in [2.45, 2.75) is 26.0 Å². The minimum absolute atomic E-state index is 0.00364. The number of hydrogen-bond acceptors (Lipinski definition) is 5. The van der Waals surface area contributed by atoms with E-state index in [2.05, 4.69) is 15.8 Å². The van der Waals surface area contributed by atoms with Crippen molar-refractivity contribution in [3.63, 3.8) is 0 Å². The number of nitrogens with zero attached hydrogens (tertiary/aromatic N) is 1. The highest BCUT2D eigenvalue weighted by Gasteiger charge is 2.18. The highest BCUT2D eigenvalue weighted by Crippen LogP contribution is 2.17. The molecule has 2 N–H and O–H groups in total. The molecule has 3 rings (SSSR count). The lowest BCUT2D eigenvalue weighted by Crippen LogP contribution is -2.33. The fraction of sp³-hybridized carbons (Fsp3) is 0.192. The number of nitrogens with one attached hydrogen (secondary N) is 2. The molecule has 3 aromatic carbocycles. The van der Waals surface area contributed by atoms with Crippen LogP contribution in [0.1, 0.15) is 36.1 Å². The first-order chi connectivity index (χ1) is 16.5. The van der Waals surface area contributed by atoms with Gasteiger partial charge in [0, 0.05) is 0 Å². The van der Waals surface area contributed by atoms with Crippen molar-refractivity contribution in [2.24, 2.45) is 5.10 Å². The van der Waals surface area contributed by atoms with E-state index in [1.165, 1.54) is 18.3 Å². The maximum absolute atomic E-state index is 13.0. The molecule has 0 saturated heterocycles. The molecule has 7 nitrogen and oxygen atoms in total. The summed E-state index contributed by atoms with van der Waals surface area (Å²) in [5, 5.41) is 6.69. The molecular weight excluding hydrogens is 437 g/mol. The Labute approximate surface area is 197 Å². The molecule has 0 aromatic heterocycles. The first kappa shape index (κ1) is 24.4. The Morgan fingerprint density at radius 1 is 1.00 bits per heavy atom. The zero-order valence-corrected chi connectivity index (χ0v) is 18.7. The van der Waals surface area contributed by atoms with Crippen LogP contribution in [0.2, 0.25) is 0 Å². The fourth-order valence-electron chi connectivity index (χ4n) is 3.06. The standard InChI is InChI=1S/C26H26FN3O4/c1-2-33-26(32)29-24(21-6-4-3-5-7-21)16-25(31)30-28-17-19-10-14-23(15-11-19)34-18-20-8-12-22(27)13-9-20/h3-15,17,24H,2,16,18H2,1H3,(H,29,32)(H,30,31)/b28-17-/t24-/m1/s1. The van der Waals surface area contributed by atoms with Crippen LogP contribution in [0.15, 0.2) is 84.0 Å². The first-order valence-corrected chi connectivity index (χ1v) is 10.8. The summed E-state index contributed by atoms with van der Waals surface area (Å²) in [5.41, 5.74) is 4.89. The quantitative estimate of drug-likeness (QED) is 0.336. The third kappa shape index (κ3) is 8.05. The molecule has 8 heteroatoms. The van der Waals surface area contributed by atoms with E-state index in [-0.39, 0.29) is 24.8 Å². The van der Waals surface area contributed by atoms with E-state index in [9.17, 15) is 14.0 Å². The van der Waals surface area contributed by atoms with Gasteiger partial charge in [-0.2, -0.15) is 5.10 Å². The number of carbonyl (C=O) groups is 2. The second-order valence-electron chi connectivity index (χ2n) is 7.31. The summed E-state index contributed by atoms with van der Waals surface area (Å²) in [5.74, 6) is 0.00716. The van der Waals surface area contributed by atoms with Crippen molar-refractivity contribution in [2.75, 3.05) is 6.61 Å². The normalized spacial score (nSPS) is 11.6. The van der Waals surface area contributed by atoms with Gasteiger partial charge in [-0.05, 0) is 60.0 Å². The third-order valence-corrected chi connectivity index (χ3v) is 4.76. The van der Waals surface area contributed by atoms with Crippen LogP contribution >= 0.6 is 0 Å². The lowest BCUT2D eigenvalue weighted by molar-refractivity contribution is -0.121. The van der Waals surface area contributed by atoms with E-state index in [0.29, 0.717) is 12.4 Å². The van der Waals surface area contributed by atoms with Gasteiger partial charge in [0.1, 0.15) is 18.2 Å². The number of alkyl carbamates (subject to hydrolysis) is 1. The summed E-state index contributed by atoms with van der Waals surface area (Å²) in [7, 11) is 0. The van der Waals surface area contributed by atoms with E-state index < -0.39 is 12.1 Å². The van der Waals surface area contributed by atoms with Gasteiger partial charge in [-0.3, -0.25) is 4.79 Å². The van der Waals surface area contributed by atoms with E-state index >= 15 is 0 Å². The number of hydrogen-bond donors (Lipinski definition) is 2. The Morgan fingerprint density at radius 2 is 1.71 bits per heavy atom. The minimum atomic E-state index is -0.589. The summed E-state index contributed by atoms with van der Waals surface area (Å²) in [6, 6.07) is 21.9. The van der Waals surface area contributed by atoms with E-state index in [1.54, 1.807) is 43.3 Å². The lowest BCUT2D eigenvalue weighted by Gasteiger charge is -2.18. The molecule has 0 heterocycles. The summed E-state index contributed by atoms with van der Waals surface area (Å²) >= 11 is 0. The third-order valence-electron chi connectivity index (χ3n) is 4.76. The zero-order valence-electron chi connectivity index (χ0n) is 18.7. The summed E-state index contributed by atoms with van der Waals surface area (Å²) in [6.45, 7) is 2.27. The Kier molecular flexibility index (Phi) is 9.16. The number of rotatable bonds is 10. The molecule has 0 unspecified atom stereocenters. The van der Waals surface area contributed by atoms with Crippen LogP contribution in [0.3, 0.4) is 0 Å². The minimum Gasteiger partial charge on any atom is -0.489 e. The van der Waals surface area contributed by atoms with Gasteiger partial charge >= 0.3 is 6.09 Å². The number of ether oxygens (including phenoxy) is 2. The highest BCUT2D eigenvalue weighted by atomic mass is 19.1. The number of carbonyl (C=O) groups excluding carboxylic acids is 2. The Bertz CT molecular complexity index is 1090. The number of amides is 2. The molecule has 0 radical (unpaired) electrons. The second kappa shape index (κ2) is 12.7. The van der Waals surface area contributed by atoms with Gasteiger partial charge in [-0.15, -0.1) is 0 Å². The first-order valence-electron chi connectivity index (χ1n) is 10.8. The number of halogens is 1. The Balaban J connectivity index is 1.50. The van der Waals surface area contributed by atoms with E-state index in [1.807, 2.05) is 30.3 Å². The molecule has 0 saturated carbocycles. The average molecular weight is 464 g/mol. The molecule has 0 fully saturated rings. The van der Waals surface area contributed by atoms with Gasteiger partial charge in [0.2, 0.25) is 5.91 Å². The van der Waals surface area contributed by atoms with Crippen LogP contribution in [0, 0.1) is 5.82 Å². The van der Waals surface area contributed by atoms with Crippen LogP contribution < -0.4 is 15.5 Å². The predicted octanol–water partition coefficient (Wildman–Crippen LogP) is 4.73. The largest absolute Gasteiger partial charge is 0.489 e. The molecule has 176 valence electrons. The summed E-state index contributed by atoms with van der Waals surface area (Å²) in [6.07, 6.45) is 0.920. The summed E-state index contributed by atoms with van der Waals surface area (Å²) < 4.78 is 23.6. The molecular formula is C26H26FN3O4. The topological polar surface area (TPSA) is 89.0 Å². The maximum Gasteiger partial charge on any atom is 0.407 e.